The van der Waals surface area contributed by atoms with Crippen LogP contribution in [0.4, 0.5) is 0 Å². The van der Waals surface area contributed by atoms with Gasteiger partial charge >= 0.3 is 5.97 Å². The van der Waals surface area contributed by atoms with Gasteiger partial charge in [-0.15, -0.1) is 0 Å². The first-order valence-corrected chi connectivity index (χ1v) is 10.2. The summed E-state index contributed by atoms with van der Waals surface area (Å²) in [4.78, 5) is 12.5. The largest absolute Gasteiger partial charge is 0.427 e. The van der Waals surface area contributed by atoms with Crippen LogP contribution in [0, 0.1) is 11.3 Å². The van der Waals surface area contributed by atoms with Crippen molar-refractivity contribution in [1.82, 2.24) is 5.32 Å². The number of hydrogen-bond acceptors (Lipinski definition) is 4. The standard InChI is InChI=1S/C22H36N2O2/c1-4-20(17(2)15-24-3)18-9-8-10-19(13-18)26-21(25)14-22(16-23)11-6-5-7-12-22/h8-10,13,17,20,24H,4-7,11-12,14-16,23H2,1-3H3. The summed E-state index contributed by atoms with van der Waals surface area (Å²) in [6.07, 6.45) is 7.17. The van der Waals surface area contributed by atoms with Crippen molar-refractivity contribution >= 4 is 5.97 Å². The molecular formula is C22H36N2O2. The summed E-state index contributed by atoms with van der Waals surface area (Å²) >= 11 is 0. The van der Waals surface area contributed by atoms with Gasteiger partial charge in [0.2, 0.25) is 0 Å². The van der Waals surface area contributed by atoms with E-state index in [2.05, 4.69) is 25.2 Å². The van der Waals surface area contributed by atoms with Gasteiger partial charge in [0.15, 0.2) is 0 Å². The Kier molecular flexibility index (Phi) is 8.11. The Morgan fingerprint density at radius 2 is 2.04 bits per heavy atom. The Balaban J connectivity index is 2.04. The molecule has 0 amide bonds. The van der Waals surface area contributed by atoms with Gasteiger partial charge in [-0.2, -0.15) is 0 Å². The molecule has 146 valence electrons. The smallest absolute Gasteiger partial charge is 0.311 e. The molecule has 0 radical (unpaired) electrons. The molecule has 4 nitrogen and oxygen atoms in total. The average molecular weight is 361 g/mol. The van der Waals surface area contributed by atoms with Crippen LogP contribution < -0.4 is 15.8 Å². The minimum Gasteiger partial charge on any atom is -0.427 e. The van der Waals surface area contributed by atoms with Crippen molar-refractivity contribution in [2.24, 2.45) is 17.1 Å². The van der Waals surface area contributed by atoms with Gasteiger partial charge < -0.3 is 15.8 Å². The number of nitrogens with one attached hydrogen (secondary N) is 1. The second-order valence-corrected chi connectivity index (χ2v) is 8.04. The minimum atomic E-state index is -0.147. The zero-order valence-electron chi connectivity index (χ0n) is 16.7. The summed E-state index contributed by atoms with van der Waals surface area (Å²) in [5, 5.41) is 3.26. The number of benzene rings is 1. The molecule has 0 bridgehead atoms. The van der Waals surface area contributed by atoms with E-state index in [-0.39, 0.29) is 11.4 Å². The molecule has 26 heavy (non-hydrogen) atoms. The molecular weight excluding hydrogens is 324 g/mol. The molecule has 0 aliphatic heterocycles. The summed E-state index contributed by atoms with van der Waals surface area (Å²) < 4.78 is 5.71. The average Bonchev–Trinajstić information content (AvgIpc) is 2.63. The molecule has 1 aliphatic rings. The van der Waals surface area contributed by atoms with Crippen molar-refractivity contribution in [1.29, 1.82) is 0 Å². The molecule has 1 saturated carbocycles. The van der Waals surface area contributed by atoms with Crippen molar-refractivity contribution < 1.29 is 9.53 Å². The lowest BCUT2D eigenvalue weighted by Gasteiger charge is -2.35. The Morgan fingerprint density at radius 1 is 1.31 bits per heavy atom. The fourth-order valence-electron chi connectivity index (χ4n) is 4.47. The summed E-state index contributed by atoms with van der Waals surface area (Å²) in [6, 6.07) is 8.05. The van der Waals surface area contributed by atoms with Crippen LogP contribution in [-0.4, -0.2) is 26.1 Å². The van der Waals surface area contributed by atoms with Crippen molar-refractivity contribution in [3.8, 4) is 5.75 Å². The van der Waals surface area contributed by atoms with Gasteiger partial charge in [0.1, 0.15) is 5.75 Å². The fourth-order valence-corrected chi connectivity index (χ4v) is 4.47. The van der Waals surface area contributed by atoms with Crippen LogP contribution in [0.2, 0.25) is 0 Å². The number of nitrogens with two attached hydrogens (primary N) is 1. The molecule has 2 unspecified atom stereocenters. The molecule has 1 fully saturated rings. The molecule has 1 aliphatic carbocycles. The third kappa shape index (κ3) is 5.55. The van der Waals surface area contributed by atoms with E-state index in [9.17, 15) is 4.79 Å². The minimum absolute atomic E-state index is 0.0554. The monoisotopic (exact) mass is 360 g/mol. The van der Waals surface area contributed by atoms with Crippen LogP contribution in [-0.2, 0) is 4.79 Å². The molecule has 1 aromatic carbocycles. The lowest BCUT2D eigenvalue weighted by atomic mass is 9.72. The second kappa shape index (κ2) is 10.1. The summed E-state index contributed by atoms with van der Waals surface area (Å²) in [5.41, 5.74) is 7.20. The zero-order valence-corrected chi connectivity index (χ0v) is 16.7. The van der Waals surface area contributed by atoms with Gasteiger partial charge in [0, 0.05) is 0 Å². The first kappa shape index (κ1) is 20.9. The van der Waals surface area contributed by atoms with E-state index < -0.39 is 0 Å². The highest BCUT2D eigenvalue weighted by atomic mass is 16.5. The Morgan fingerprint density at radius 3 is 2.65 bits per heavy atom. The Bertz CT molecular complexity index is 567. The first-order chi connectivity index (χ1) is 12.5. The molecule has 4 heteroatoms. The van der Waals surface area contributed by atoms with Gasteiger partial charge in [-0.05, 0) is 74.3 Å². The lowest BCUT2D eigenvalue weighted by molar-refractivity contribution is -0.137. The van der Waals surface area contributed by atoms with E-state index in [0.29, 0.717) is 30.6 Å². The number of ether oxygens (including phenoxy) is 1. The van der Waals surface area contributed by atoms with Crippen LogP contribution in [0.5, 0.6) is 5.75 Å². The highest BCUT2D eigenvalue weighted by molar-refractivity contribution is 5.73. The zero-order chi connectivity index (χ0) is 19.0. The second-order valence-electron chi connectivity index (χ2n) is 8.04. The van der Waals surface area contributed by atoms with Gasteiger partial charge in [-0.3, -0.25) is 4.79 Å². The SMILES string of the molecule is CCC(c1cccc(OC(=O)CC2(CN)CCCCC2)c1)C(C)CNC. The van der Waals surface area contributed by atoms with E-state index in [0.717, 1.165) is 25.8 Å². The number of rotatable bonds is 9. The maximum absolute atomic E-state index is 12.5. The first-order valence-electron chi connectivity index (χ1n) is 10.2. The molecule has 0 aromatic heterocycles. The predicted octanol–water partition coefficient (Wildman–Crippen LogP) is 4.24. The van der Waals surface area contributed by atoms with Crippen molar-refractivity contribution in [3.05, 3.63) is 29.8 Å². The van der Waals surface area contributed by atoms with Gasteiger partial charge in [-0.1, -0.05) is 45.2 Å². The third-order valence-electron chi connectivity index (χ3n) is 6.04. The Labute approximate surface area is 158 Å². The van der Waals surface area contributed by atoms with E-state index in [1.807, 2.05) is 25.2 Å². The highest BCUT2D eigenvalue weighted by Crippen LogP contribution is 2.39. The number of hydrogen-bond donors (Lipinski definition) is 2. The lowest BCUT2D eigenvalue weighted by Crippen LogP contribution is -2.36. The molecule has 0 saturated heterocycles. The van der Waals surface area contributed by atoms with Crippen LogP contribution in [0.3, 0.4) is 0 Å². The maximum Gasteiger partial charge on any atom is 0.311 e. The van der Waals surface area contributed by atoms with Crippen molar-refractivity contribution in [2.45, 2.75) is 64.7 Å². The third-order valence-corrected chi connectivity index (χ3v) is 6.04. The molecule has 2 atom stereocenters. The van der Waals surface area contributed by atoms with Crippen molar-refractivity contribution in [2.75, 3.05) is 20.1 Å². The Hall–Kier alpha value is -1.39. The van der Waals surface area contributed by atoms with Gasteiger partial charge in [0.05, 0.1) is 6.42 Å². The quantitative estimate of drug-likeness (QED) is 0.511. The van der Waals surface area contributed by atoms with Crippen LogP contribution in [0.15, 0.2) is 24.3 Å². The van der Waals surface area contributed by atoms with E-state index in [1.54, 1.807) is 0 Å². The summed E-state index contributed by atoms with van der Waals surface area (Å²) in [5.74, 6) is 1.49. The molecule has 0 heterocycles. The number of carbonyl (C=O) groups is 1. The summed E-state index contributed by atoms with van der Waals surface area (Å²) in [7, 11) is 1.99. The van der Waals surface area contributed by atoms with Crippen LogP contribution >= 0.6 is 0 Å². The molecule has 3 N–H and O–H groups in total. The topological polar surface area (TPSA) is 64.3 Å². The number of carbonyl (C=O) groups excluding carboxylic acids is 1. The number of esters is 1. The van der Waals surface area contributed by atoms with Crippen molar-refractivity contribution in [3.63, 3.8) is 0 Å². The normalized spacial score (nSPS) is 18.9. The van der Waals surface area contributed by atoms with Gasteiger partial charge in [0.25, 0.3) is 0 Å². The molecule has 1 aromatic rings. The fraction of sp³-hybridized carbons (Fsp3) is 0.682. The van der Waals surface area contributed by atoms with E-state index in [1.165, 1.54) is 24.8 Å². The maximum atomic E-state index is 12.5. The highest BCUT2D eigenvalue weighted by Gasteiger charge is 2.33. The molecule has 0 spiro atoms. The molecule has 2 rings (SSSR count). The van der Waals surface area contributed by atoms with E-state index in [4.69, 9.17) is 10.5 Å². The van der Waals surface area contributed by atoms with Crippen LogP contribution in [0.1, 0.15) is 70.3 Å². The summed E-state index contributed by atoms with van der Waals surface area (Å²) in [6.45, 7) is 6.02. The van der Waals surface area contributed by atoms with E-state index >= 15 is 0 Å². The van der Waals surface area contributed by atoms with Gasteiger partial charge in [-0.25, -0.2) is 0 Å². The predicted molar refractivity (Wildman–Crippen MR) is 107 cm³/mol. The van der Waals surface area contributed by atoms with Crippen LogP contribution in [0.25, 0.3) is 0 Å².